The average Bonchev–Trinajstić information content (AvgIpc) is 2.84. The number of pyridine rings is 1. The Morgan fingerprint density at radius 3 is 1.50 bits per heavy atom. The van der Waals surface area contributed by atoms with Gasteiger partial charge in [-0.3, -0.25) is 0 Å². The van der Waals surface area contributed by atoms with Gasteiger partial charge in [0.05, 0.1) is 11.1 Å². The standard InChI is InChI=1S/C32H36NP/c1-22(2)25-20-28(23(3)4)32(29(21-25)24(5)6)30-18-13-19-31(33-30)34(26-14-9-7-10-15-26)27-16-11-8-12-17-27/h7-24H,1-6H3. The average molecular weight is 466 g/mol. The summed E-state index contributed by atoms with van der Waals surface area (Å²) < 4.78 is 0. The third kappa shape index (κ3) is 5.16. The predicted molar refractivity (Wildman–Crippen MR) is 151 cm³/mol. The topological polar surface area (TPSA) is 12.9 Å². The summed E-state index contributed by atoms with van der Waals surface area (Å²) >= 11 is 0. The molecule has 2 heteroatoms. The van der Waals surface area contributed by atoms with Gasteiger partial charge < -0.3 is 0 Å². The summed E-state index contributed by atoms with van der Waals surface area (Å²) in [7, 11) is -0.730. The Morgan fingerprint density at radius 2 is 1.06 bits per heavy atom. The van der Waals surface area contributed by atoms with Crippen molar-refractivity contribution in [1.82, 2.24) is 4.98 Å². The number of aromatic nitrogens is 1. The summed E-state index contributed by atoms with van der Waals surface area (Å²) in [5.74, 6) is 1.37. The van der Waals surface area contributed by atoms with Crippen LogP contribution in [0.5, 0.6) is 0 Å². The molecule has 4 aromatic rings. The Kier molecular flexibility index (Phi) is 7.64. The van der Waals surface area contributed by atoms with E-state index in [9.17, 15) is 0 Å². The maximum absolute atomic E-state index is 5.39. The van der Waals surface area contributed by atoms with E-state index in [1.807, 2.05) is 0 Å². The van der Waals surface area contributed by atoms with Gasteiger partial charge in [0.15, 0.2) is 0 Å². The van der Waals surface area contributed by atoms with E-state index in [-0.39, 0.29) is 0 Å². The van der Waals surface area contributed by atoms with Crippen molar-refractivity contribution in [2.24, 2.45) is 0 Å². The Bertz CT molecular complexity index is 1160. The van der Waals surface area contributed by atoms with Crippen LogP contribution >= 0.6 is 7.92 Å². The van der Waals surface area contributed by atoms with Crippen molar-refractivity contribution in [3.05, 3.63) is 108 Å². The fraction of sp³-hybridized carbons (Fsp3) is 0.281. The highest BCUT2D eigenvalue weighted by Crippen LogP contribution is 2.39. The number of hydrogen-bond donors (Lipinski definition) is 0. The van der Waals surface area contributed by atoms with Gasteiger partial charge in [-0.25, -0.2) is 4.98 Å². The fourth-order valence-corrected chi connectivity index (χ4v) is 6.72. The number of hydrogen-bond acceptors (Lipinski definition) is 1. The molecule has 0 amide bonds. The predicted octanol–water partition coefficient (Wildman–Crippen LogP) is 7.88. The third-order valence-electron chi connectivity index (χ3n) is 6.38. The van der Waals surface area contributed by atoms with Crippen LogP contribution in [0.25, 0.3) is 11.3 Å². The van der Waals surface area contributed by atoms with Crippen LogP contribution in [0.2, 0.25) is 0 Å². The van der Waals surface area contributed by atoms with Crippen LogP contribution in [0.1, 0.15) is 76.0 Å². The molecule has 0 fully saturated rings. The molecule has 174 valence electrons. The summed E-state index contributed by atoms with van der Waals surface area (Å²) in [6.07, 6.45) is 0. The highest BCUT2D eigenvalue weighted by atomic mass is 31.1. The lowest BCUT2D eigenvalue weighted by Crippen LogP contribution is -2.23. The van der Waals surface area contributed by atoms with E-state index in [2.05, 4.69) is 133 Å². The summed E-state index contributed by atoms with van der Waals surface area (Å²) in [6, 6.07) is 33.1. The van der Waals surface area contributed by atoms with Crippen molar-refractivity contribution in [2.75, 3.05) is 0 Å². The van der Waals surface area contributed by atoms with Crippen LogP contribution in [0.15, 0.2) is 91.0 Å². The second-order valence-electron chi connectivity index (χ2n) is 9.93. The van der Waals surface area contributed by atoms with E-state index in [1.54, 1.807) is 0 Å². The lowest BCUT2D eigenvalue weighted by atomic mass is 9.83. The molecule has 0 unspecified atom stereocenters. The zero-order chi connectivity index (χ0) is 24.2. The molecule has 1 nitrogen and oxygen atoms in total. The van der Waals surface area contributed by atoms with E-state index < -0.39 is 7.92 Å². The number of benzene rings is 3. The maximum atomic E-state index is 5.39. The lowest BCUT2D eigenvalue weighted by Gasteiger charge is -2.24. The molecule has 4 rings (SSSR count). The van der Waals surface area contributed by atoms with Gasteiger partial charge in [0.2, 0.25) is 0 Å². The molecule has 0 aliphatic carbocycles. The molecule has 0 N–H and O–H groups in total. The Balaban J connectivity index is 1.93. The summed E-state index contributed by atoms with van der Waals surface area (Å²) in [6.45, 7) is 13.8. The third-order valence-corrected chi connectivity index (χ3v) is 8.72. The molecule has 1 aromatic heterocycles. The van der Waals surface area contributed by atoms with Gasteiger partial charge in [-0.05, 0) is 57.2 Å². The zero-order valence-electron chi connectivity index (χ0n) is 21.3. The first-order valence-electron chi connectivity index (χ1n) is 12.4. The monoisotopic (exact) mass is 465 g/mol. The maximum Gasteiger partial charge on any atom is 0.0728 e. The highest BCUT2D eigenvalue weighted by Gasteiger charge is 2.22. The molecular formula is C32H36NP. The molecule has 34 heavy (non-hydrogen) atoms. The Labute approximate surface area is 207 Å². The van der Waals surface area contributed by atoms with Crippen LogP contribution in [-0.4, -0.2) is 4.98 Å². The Morgan fingerprint density at radius 1 is 0.559 bits per heavy atom. The molecule has 3 aromatic carbocycles. The van der Waals surface area contributed by atoms with Crippen LogP contribution in [0.4, 0.5) is 0 Å². The summed E-state index contributed by atoms with van der Waals surface area (Å²) in [5.41, 5.74) is 7.81. The minimum Gasteiger partial charge on any atom is -0.247 e. The summed E-state index contributed by atoms with van der Waals surface area (Å²) in [4.78, 5) is 5.39. The van der Waals surface area contributed by atoms with Crippen LogP contribution in [0.3, 0.4) is 0 Å². The largest absolute Gasteiger partial charge is 0.247 e. The van der Waals surface area contributed by atoms with Gasteiger partial charge >= 0.3 is 0 Å². The molecule has 0 atom stereocenters. The summed E-state index contributed by atoms with van der Waals surface area (Å²) in [5, 5.41) is 2.66. The minimum absolute atomic E-state index is 0.432. The number of nitrogens with zero attached hydrogens (tertiary/aromatic N) is 1. The van der Waals surface area contributed by atoms with Gasteiger partial charge in [-0.1, -0.05) is 120 Å². The highest BCUT2D eigenvalue weighted by molar-refractivity contribution is 7.79. The minimum atomic E-state index is -0.730. The van der Waals surface area contributed by atoms with Crippen molar-refractivity contribution in [3.8, 4) is 11.3 Å². The van der Waals surface area contributed by atoms with Crippen molar-refractivity contribution < 1.29 is 0 Å². The van der Waals surface area contributed by atoms with E-state index >= 15 is 0 Å². The second kappa shape index (κ2) is 10.7. The van der Waals surface area contributed by atoms with Gasteiger partial charge in [0.1, 0.15) is 0 Å². The molecule has 0 spiro atoms. The molecule has 0 bridgehead atoms. The van der Waals surface area contributed by atoms with Crippen LogP contribution in [0, 0.1) is 0 Å². The van der Waals surface area contributed by atoms with Gasteiger partial charge in [0, 0.05) is 13.5 Å². The smallest absolute Gasteiger partial charge is 0.0728 e. The van der Waals surface area contributed by atoms with Crippen LogP contribution in [-0.2, 0) is 0 Å². The van der Waals surface area contributed by atoms with Crippen molar-refractivity contribution in [1.29, 1.82) is 0 Å². The molecule has 0 saturated heterocycles. The van der Waals surface area contributed by atoms with Crippen molar-refractivity contribution in [3.63, 3.8) is 0 Å². The normalized spacial score (nSPS) is 11.7. The molecule has 0 aliphatic rings. The Hall–Kier alpha value is -2.76. The molecule has 1 heterocycles. The number of rotatable bonds is 7. The van der Waals surface area contributed by atoms with Crippen molar-refractivity contribution in [2.45, 2.75) is 59.3 Å². The van der Waals surface area contributed by atoms with Gasteiger partial charge in [0.25, 0.3) is 0 Å². The molecular weight excluding hydrogens is 429 g/mol. The van der Waals surface area contributed by atoms with E-state index in [4.69, 9.17) is 4.98 Å². The van der Waals surface area contributed by atoms with Gasteiger partial charge in [-0.15, -0.1) is 0 Å². The molecule has 0 radical (unpaired) electrons. The lowest BCUT2D eigenvalue weighted by molar-refractivity contribution is 0.806. The van der Waals surface area contributed by atoms with E-state index in [1.165, 1.54) is 32.9 Å². The first-order valence-corrected chi connectivity index (χ1v) is 13.8. The van der Waals surface area contributed by atoms with Gasteiger partial charge in [-0.2, -0.15) is 0 Å². The first-order chi connectivity index (χ1) is 16.4. The SMILES string of the molecule is CC(C)c1cc(C(C)C)c(-c2cccc(P(c3ccccc3)c3ccccc3)n2)c(C(C)C)c1. The fourth-order valence-electron chi connectivity index (χ4n) is 4.51. The second-order valence-corrected chi connectivity index (χ2v) is 12.1. The first kappa shape index (κ1) is 24.4. The van der Waals surface area contributed by atoms with E-state index in [0.29, 0.717) is 17.8 Å². The molecule has 0 aliphatic heterocycles. The zero-order valence-corrected chi connectivity index (χ0v) is 22.2. The quantitative estimate of drug-likeness (QED) is 0.253. The van der Waals surface area contributed by atoms with Crippen molar-refractivity contribution >= 4 is 24.0 Å². The molecule has 0 saturated carbocycles. The van der Waals surface area contributed by atoms with E-state index in [0.717, 1.165) is 11.1 Å². The van der Waals surface area contributed by atoms with Crippen LogP contribution < -0.4 is 16.0 Å².